The predicted octanol–water partition coefficient (Wildman–Crippen LogP) is 1.51. The molecule has 0 unspecified atom stereocenters. The summed E-state index contributed by atoms with van der Waals surface area (Å²) in [5.74, 6) is -0.998. The van der Waals surface area contributed by atoms with Gasteiger partial charge in [-0.3, -0.25) is 9.48 Å². The Morgan fingerprint density at radius 3 is 2.69 bits per heavy atom. The van der Waals surface area contributed by atoms with Crippen LogP contribution in [0.4, 0.5) is 10.1 Å². The Morgan fingerprint density at radius 1 is 1.24 bits per heavy atom. The summed E-state index contributed by atoms with van der Waals surface area (Å²) >= 11 is 0. The van der Waals surface area contributed by atoms with Gasteiger partial charge in [0.25, 0.3) is 0 Å². The Balaban J connectivity index is 1.87. The van der Waals surface area contributed by atoms with Crippen molar-refractivity contribution in [3.8, 4) is 11.1 Å². The third-order valence-electron chi connectivity index (χ3n) is 4.15. The van der Waals surface area contributed by atoms with Crippen LogP contribution in [0.2, 0.25) is 0 Å². The van der Waals surface area contributed by atoms with E-state index in [1.54, 1.807) is 12.3 Å². The van der Waals surface area contributed by atoms with Crippen LogP contribution in [-0.2, 0) is 27.8 Å². The van der Waals surface area contributed by atoms with Gasteiger partial charge in [0, 0.05) is 23.0 Å². The summed E-state index contributed by atoms with van der Waals surface area (Å²) in [6, 6.07) is 10.2. The monoisotopic (exact) mass is 418 g/mol. The molecule has 0 saturated carbocycles. The summed E-state index contributed by atoms with van der Waals surface area (Å²) in [6.45, 7) is 0.144. The van der Waals surface area contributed by atoms with Gasteiger partial charge in [-0.2, -0.15) is 5.10 Å². The van der Waals surface area contributed by atoms with Crippen LogP contribution in [0.25, 0.3) is 11.1 Å². The average molecular weight is 418 g/mol. The van der Waals surface area contributed by atoms with Crippen LogP contribution in [0.5, 0.6) is 0 Å². The van der Waals surface area contributed by atoms with Crippen molar-refractivity contribution in [1.29, 1.82) is 0 Å². The lowest BCUT2D eigenvalue weighted by molar-refractivity contribution is -0.115. The summed E-state index contributed by atoms with van der Waals surface area (Å²) in [5.41, 5.74) is 1.24. The number of nitrogens with zero attached hydrogens (tertiary/aromatic N) is 2. The van der Waals surface area contributed by atoms with E-state index in [-0.39, 0.29) is 35.7 Å². The SMILES string of the molecule is NS(=O)(=O)c1cc(NC(=O)Cc2ccccc2F)ccc1-c1cnn(CCO)c1. The molecule has 0 fully saturated rings. The number of sulfonamides is 1. The molecule has 1 aromatic heterocycles. The molecule has 4 N–H and O–H groups in total. The number of nitrogens with one attached hydrogen (secondary N) is 1. The van der Waals surface area contributed by atoms with Gasteiger partial charge in [0.15, 0.2) is 0 Å². The zero-order valence-electron chi connectivity index (χ0n) is 15.2. The first kappa shape index (κ1) is 20.6. The molecule has 0 aliphatic rings. The van der Waals surface area contributed by atoms with Crippen LogP contribution >= 0.6 is 0 Å². The quantitative estimate of drug-likeness (QED) is 0.536. The maximum absolute atomic E-state index is 13.7. The minimum atomic E-state index is -4.11. The fourth-order valence-corrected chi connectivity index (χ4v) is 3.60. The van der Waals surface area contributed by atoms with Crippen molar-refractivity contribution in [3.63, 3.8) is 0 Å². The lowest BCUT2D eigenvalue weighted by Crippen LogP contribution is -2.17. The van der Waals surface area contributed by atoms with E-state index >= 15 is 0 Å². The molecule has 3 aromatic rings. The molecule has 0 atom stereocenters. The molecule has 1 amide bonds. The topological polar surface area (TPSA) is 127 Å². The largest absolute Gasteiger partial charge is 0.394 e. The molecule has 0 aliphatic heterocycles. The summed E-state index contributed by atoms with van der Waals surface area (Å²) in [7, 11) is -4.11. The zero-order valence-corrected chi connectivity index (χ0v) is 16.1. The van der Waals surface area contributed by atoms with E-state index in [4.69, 9.17) is 10.2 Å². The number of anilines is 1. The second kappa shape index (κ2) is 8.52. The lowest BCUT2D eigenvalue weighted by atomic mass is 10.1. The first-order valence-electron chi connectivity index (χ1n) is 8.61. The molecule has 1 heterocycles. The second-order valence-corrected chi connectivity index (χ2v) is 7.82. The molecule has 0 bridgehead atoms. The van der Waals surface area contributed by atoms with Crippen molar-refractivity contribution < 1.29 is 22.7 Å². The molecule has 10 heteroatoms. The van der Waals surface area contributed by atoms with Crippen LogP contribution in [-0.4, -0.2) is 35.8 Å². The molecule has 29 heavy (non-hydrogen) atoms. The van der Waals surface area contributed by atoms with Gasteiger partial charge in [-0.15, -0.1) is 0 Å². The molecular weight excluding hydrogens is 399 g/mol. The van der Waals surface area contributed by atoms with Gasteiger partial charge in [-0.1, -0.05) is 24.3 Å². The molecule has 2 aromatic carbocycles. The van der Waals surface area contributed by atoms with Gasteiger partial charge in [0.1, 0.15) is 5.82 Å². The van der Waals surface area contributed by atoms with Gasteiger partial charge in [-0.05, 0) is 23.8 Å². The van der Waals surface area contributed by atoms with Crippen molar-refractivity contribution in [2.75, 3.05) is 11.9 Å². The van der Waals surface area contributed by atoms with Crippen LogP contribution in [0.3, 0.4) is 0 Å². The van der Waals surface area contributed by atoms with Gasteiger partial charge >= 0.3 is 0 Å². The van der Waals surface area contributed by atoms with Gasteiger partial charge < -0.3 is 10.4 Å². The van der Waals surface area contributed by atoms with E-state index in [1.165, 1.54) is 47.3 Å². The third kappa shape index (κ3) is 5.05. The Labute approximate surface area is 166 Å². The van der Waals surface area contributed by atoms with Crippen molar-refractivity contribution in [1.82, 2.24) is 9.78 Å². The summed E-state index contributed by atoms with van der Waals surface area (Å²) in [6.07, 6.45) is 2.83. The van der Waals surface area contributed by atoms with E-state index in [0.29, 0.717) is 11.1 Å². The number of rotatable bonds is 7. The third-order valence-corrected chi connectivity index (χ3v) is 5.10. The molecule has 0 spiro atoms. The minimum Gasteiger partial charge on any atom is -0.394 e. The van der Waals surface area contributed by atoms with Crippen LogP contribution in [0.1, 0.15) is 5.56 Å². The van der Waals surface area contributed by atoms with Gasteiger partial charge in [0.05, 0.1) is 30.7 Å². The number of aliphatic hydroxyl groups is 1. The molecular formula is C19H19FN4O4S. The number of carbonyl (C=O) groups is 1. The number of amides is 1. The van der Waals surface area contributed by atoms with Gasteiger partial charge in [-0.25, -0.2) is 17.9 Å². The second-order valence-electron chi connectivity index (χ2n) is 6.29. The number of hydrogen-bond acceptors (Lipinski definition) is 5. The number of nitrogens with two attached hydrogens (primary N) is 1. The Morgan fingerprint density at radius 2 is 2.00 bits per heavy atom. The Kier molecular flexibility index (Phi) is 6.06. The van der Waals surface area contributed by atoms with Crippen molar-refractivity contribution in [2.24, 2.45) is 5.14 Å². The van der Waals surface area contributed by atoms with E-state index in [0.717, 1.165) is 0 Å². The maximum atomic E-state index is 13.7. The van der Waals surface area contributed by atoms with Crippen LogP contribution in [0, 0.1) is 5.82 Å². The highest BCUT2D eigenvalue weighted by molar-refractivity contribution is 7.89. The fraction of sp³-hybridized carbons (Fsp3) is 0.158. The first-order valence-corrected chi connectivity index (χ1v) is 10.2. The summed E-state index contributed by atoms with van der Waals surface area (Å²) in [5, 5.41) is 20.9. The standard InChI is InChI=1S/C19H19FN4O4S/c20-17-4-2-1-3-13(17)9-19(26)23-15-5-6-16(18(10-15)29(21,27)28)14-11-22-24(12-14)7-8-25/h1-6,10-12,25H,7-9H2,(H,23,26)(H2,21,27,28). The zero-order chi connectivity index (χ0) is 21.0. The number of carbonyl (C=O) groups excluding carboxylic acids is 1. The normalized spacial score (nSPS) is 11.4. The molecule has 8 nitrogen and oxygen atoms in total. The molecule has 152 valence electrons. The van der Waals surface area contributed by atoms with Crippen molar-refractivity contribution >= 4 is 21.6 Å². The fourth-order valence-electron chi connectivity index (χ4n) is 2.82. The van der Waals surface area contributed by atoms with Crippen LogP contribution in [0.15, 0.2) is 59.8 Å². The lowest BCUT2D eigenvalue weighted by Gasteiger charge is -2.11. The highest BCUT2D eigenvalue weighted by Gasteiger charge is 2.18. The van der Waals surface area contributed by atoms with E-state index < -0.39 is 21.7 Å². The minimum absolute atomic E-state index is 0.115. The van der Waals surface area contributed by atoms with E-state index in [2.05, 4.69) is 10.4 Å². The first-order chi connectivity index (χ1) is 13.8. The van der Waals surface area contributed by atoms with E-state index in [1.807, 2.05) is 0 Å². The van der Waals surface area contributed by atoms with Crippen molar-refractivity contribution in [3.05, 3.63) is 66.2 Å². The predicted molar refractivity (Wildman–Crippen MR) is 105 cm³/mol. The Bertz CT molecular complexity index is 1140. The molecule has 0 saturated heterocycles. The smallest absolute Gasteiger partial charge is 0.238 e. The van der Waals surface area contributed by atoms with Crippen LogP contribution < -0.4 is 10.5 Å². The number of benzene rings is 2. The van der Waals surface area contributed by atoms with E-state index in [9.17, 15) is 17.6 Å². The number of hydrogen-bond donors (Lipinski definition) is 3. The highest BCUT2D eigenvalue weighted by Crippen LogP contribution is 2.29. The van der Waals surface area contributed by atoms with Crippen molar-refractivity contribution in [2.45, 2.75) is 17.9 Å². The number of aromatic nitrogens is 2. The summed E-state index contributed by atoms with van der Waals surface area (Å²) < 4.78 is 39.3. The molecule has 0 aliphatic carbocycles. The molecule has 0 radical (unpaired) electrons. The Hall–Kier alpha value is -3.08. The number of primary sulfonamides is 1. The average Bonchev–Trinajstić information content (AvgIpc) is 3.12. The highest BCUT2D eigenvalue weighted by atomic mass is 32.2. The maximum Gasteiger partial charge on any atom is 0.238 e. The number of aliphatic hydroxyl groups excluding tert-OH is 1. The summed E-state index contributed by atoms with van der Waals surface area (Å²) in [4.78, 5) is 12.0. The van der Waals surface area contributed by atoms with Gasteiger partial charge in [0.2, 0.25) is 15.9 Å². The number of halogens is 1. The molecule has 3 rings (SSSR count).